The molecule has 2 nitrogen and oxygen atoms in total. The molecule has 2 rings (SSSR count). The summed E-state index contributed by atoms with van der Waals surface area (Å²) in [5.41, 5.74) is 2.78. The van der Waals surface area contributed by atoms with Crippen LogP contribution in [0.5, 0.6) is 0 Å². The van der Waals surface area contributed by atoms with E-state index in [0.717, 1.165) is 19.4 Å². The van der Waals surface area contributed by atoms with E-state index in [2.05, 4.69) is 36.3 Å². The van der Waals surface area contributed by atoms with Crippen molar-refractivity contribution in [2.45, 2.75) is 26.3 Å². The summed E-state index contributed by atoms with van der Waals surface area (Å²) in [6.45, 7) is 3.07. The molecule has 0 bridgehead atoms. The van der Waals surface area contributed by atoms with Crippen molar-refractivity contribution in [1.82, 2.24) is 9.78 Å². The Bertz CT molecular complexity index is 462. The van der Waals surface area contributed by atoms with Gasteiger partial charge in [-0.3, -0.25) is 4.68 Å². The highest BCUT2D eigenvalue weighted by atomic mass is 35.5. The lowest BCUT2D eigenvalue weighted by molar-refractivity contribution is 0.578. The van der Waals surface area contributed by atoms with Gasteiger partial charge in [0.2, 0.25) is 0 Å². The van der Waals surface area contributed by atoms with Gasteiger partial charge in [-0.15, -0.1) is 0 Å². The number of hydrogen-bond donors (Lipinski definition) is 0. The van der Waals surface area contributed by atoms with Crippen molar-refractivity contribution in [3.63, 3.8) is 0 Å². The van der Waals surface area contributed by atoms with Gasteiger partial charge in [0.1, 0.15) is 0 Å². The van der Waals surface area contributed by atoms with E-state index in [4.69, 9.17) is 11.6 Å². The average Bonchev–Trinajstić information content (AvgIpc) is 2.67. The van der Waals surface area contributed by atoms with E-state index in [-0.39, 0.29) is 0 Å². The van der Waals surface area contributed by atoms with Crippen LogP contribution in [0.15, 0.2) is 36.7 Å². The number of halogens is 1. The van der Waals surface area contributed by atoms with E-state index in [1.54, 1.807) is 6.20 Å². The van der Waals surface area contributed by atoms with Gasteiger partial charge in [-0.2, -0.15) is 5.10 Å². The Morgan fingerprint density at radius 1 is 1.31 bits per heavy atom. The van der Waals surface area contributed by atoms with Crippen molar-refractivity contribution >= 4 is 11.6 Å². The fraction of sp³-hybridized carbons (Fsp3) is 0.308. The summed E-state index contributed by atoms with van der Waals surface area (Å²) < 4.78 is 1.89. The summed E-state index contributed by atoms with van der Waals surface area (Å²) in [6.07, 6.45) is 5.71. The summed E-state index contributed by atoms with van der Waals surface area (Å²) in [6, 6.07) is 8.50. The van der Waals surface area contributed by atoms with E-state index >= 15 is 0 Å². The molecule has 0 aliphatic rings. The summed E-state index contributed by atoms with van der Waals surface area (Å²) >= 11 is 5.80. The van der Waals surface area contributed by atoms with E-state index in [1.807, 2.05) is 10.9 Å². The molecule has 2 aromatic rings. The molecule has 0 atom stereocenters. The molecule has 84 valence electrons. The zero-order valence-corrected chi connectivity index (χ0v) is 10.1. The molecule has 0 aliphatic heterocycles. The number of hydrogen-bond acceptors (Lipinski definition) is 1. The highest BCUT2D eigenvalue weighted by Gasteiger charge is 1.98. The Kier molecular flexibility index (Phi) is 3.62. The maximum absolute atomic E-state index is 5.80. The van der Waals surface area contributed by atoms with Crippen LogP contribution in [0.3, 0.4) is 0 Å². The summed E-state index contributed by atoms with van der Waals surface area (Å²) in [4.78, 5) is 0. The van der Waals surface area contributed by atoms with Gasteiger partial charge in [0.05, 0.1) is 11.2 Å². The summed E-state index contributed by atoms with van der Waals surface area (Å²) in [5.74, 6) is 0. The molecule has 0 fully saturated rings. The molecule has 0 unspecified atom stereocenters. The molecule has 0 saturated heterocycles. The molecule has 16 heavy (non-hydrogen) atoms. The van der Waals surface area contributed by atoms with Crippen LogP contribution >= 0.6 is 11.6 Å². The lowest BCUT2D eigenvalue weighted by Gasteiger charge is -2.05. The van der Waals surface area contributed by atoms with Crippen LogP contribution in [-0.4, -0.2) is 9.78 Å². The topological polar surface area (TPSA) is 17.8 Å². The quantitative estimate of drug-likeness (QED) is 0.792. The van der Waals surface area contributed by atoms with Crippen molar-refractivity contribution in [2.75, 3.05) is 0 Å². The average molecular weight is 235 g/mol. The van der Waals surface area contributed by atoms with Gasteiger partial charge in [0.25, 0.3) is 0 Å². The Labute approximate surface area is 101 Å². The second-order valence-electron chi connectivity index (χ2n) is 3.95. The monoisotopic (exact) mass is 234 g/mol. The van der Waals surface area contributed by atoms with Crippen LogP contribution in [0, 0.1) is 6.92 Å². The lowest BCUT2D eigenvalue weighted by Crippen LogP contribution is -2.00. The molecule has 1 aromatic heterocycles. The number of benzene rings is 1. The highest BCUT2D eigenvalue weighted by molar-refractivity contribution is 6.30. The van der Waals surface area contributed by atoms with Gasteiger partial charge in [0.15, 0.2) is 0 Å². The van der Waals surface area contributed by atoms with Gasteiger partial charge >= 0.3 is 0 Å². The van der Waals surface area contributed by atoms with Crippen LogP contribution < -0.4 is 0 Å². The normalized spacial score (nSPS) is 10.6. The summed E-state index contributed by atoms with van der Waals surface area (Å²) in [7, 11) is 0. The first kappa shape index (κ1) is 11.2. The number of rotatable bonds is 4. The van der Waals surface area contributed by atoms with Crippen LogP contribution in [0.1, 0.15) is 17.5 Å². The molecular weight excluding hydrogens is 220 g/mol. The van der Waals surface area contributed by atoms with Gasteiger partial charge in [-0.05, 0) is 30.9 Å². The second-order valence-corrected chi connectivity index (χ2v) is 4.39. The third-order valence-electron chi connectivity index (χ3n) is 2.70. The van der Waals surface area contributed by atoms with Crippen LogP contribution in [0.4, 0.5) is 0 Å². The predicted octanol–water partition coefficient (Wildman–Crippen LogP) is 3.48. The van der Waals surface area contributed by atoms with Crippen molar-refractivity contribution < 1.29 is 0 Å². The first-order valence-corrected chi connectivity index (χ1v) is 5.86. The van der Waals surface area contributed by atoms with Gasteiger partial charge in [-0.1, -0.05) is 35.9 Å². The van der Waals surface area contributed by atoms with E-state index in [0.29, 0.717) is 5.02 Å². The third kappa shape index (κ3) is 2.86. The van der Waals surface area contributed by atoms with Gasteiger partial charge in [-0.25, -0.2) is 0 Å². The van der Waals surface area contributed by atoms with Crippen molar-refractivity contribution in [3.8, 4) is 0 Å². The van der Waals surface area contributed by atoms with E-state index < -0.39 is 0 Å². The molecule has 1 aromatic carbocycles. The minimum atomic E-state index is 0.705. The van der Waals surface area contributed by atoms with Crippen LogP contribution in [0.25, 0.3) is 0 Å². The summed E-state index contributed by atoms with van der Waals surface area (Å²) in [5, 5.41) is 4.86. The Hall–Kier alpha value is -1.28. The maximum Gasteiger partial charge on any atom is 0.0785 e. The molecule has 0 N–H and O–H groups in total. The Morgan fingerprint density at radius 2 is 2.12 bits per heavy atom. The number of aryl methyl sites for hydroxylation is 3. The minimum absolute atomic E-state index is 0.705. The smallest absolute Gasteiger partial charge is 0.0785 e. The molecule has 0 aliphatic carbocycles. The van der Waals surface area contributed by atoms with Gasteiger partial charge < -0.3 is 0 Å². The van der Waals surface area contributed by atoms with E-state index in [1.165, 1.54) is 11.1 Å². The van der Waals surface area contributed by atoms with Crippen molar-refractivity contribution in [3.05, 3.63) is 52.8 Å². The Morgan fingerprint density at radius 3 is 2.81 bits per heavy atom. The van der Waals surface area contributed by atoms with E-state index in [9.17, 15) is 0 Å². The molecule has 0 spiro atoms. The van der Waals surface area contributed by atoms with Crippen molar-refractivity contribution in [2.24, 2.45) is 0 Å². The maximum atomic E-state index is 5.80. The SMILES string of the molecule is Cc1ccccc1CCCn1cc(Cl)cn1. The largest absolute Gasteiger partial charge is 0.271 e. The predicted molar refractivity (Wildman–Crippen MR) is 66.7 cm³/mol. The highest BCUT2D eigenvalue weighted by Crippen LogP contribution is 2.11. The first-order chi connectivity index (χ1) is 7.75. The fourth-order valence-electron chi connectivity index (χ4n) is 1.78. The number of nitrogens with zero attached hydrogens (tertiary/aromatic N) is 2. The van der Waals surface area contributed by atoms with Crippen LogP contribution in [-0.2, 0) is 13.0 Å². The molecule has 1 heterocycles. The second kappa shape index (κ2) is 5.17. The Balaban J connectivity index is 1.87. The molecule has 3 heteroatoms. The van der Waals surface area contributed by atoms with Gasteiger partial charge in [0, 0.05) is 12.7 Å². The molecule has 0 amide bonds. The molecule has 0 saturated carbocycles. The molecule has 0 radical (unpaired) electrons. The molecular formula is C13H15ClN2. The van der Waals surface area contributed by atoms with Crippen LogP contribution in [0.2, 0.25) is 5.02 Å². The zero-order chi connectivity index (χ0) is 11.4. The first-order valence-electron chi connectivity index (χ1n) is 5.48. The standard InChI is InChI=1S/C13H15ClN2/c1-11-5-2-3-6-12(11)7-4-8-16-10-13(14)9-15-16/h2-3,5-6,9-10H,4,7-8H2,1H3. The number of aromatic nitrogens is 2. The van der Waals surface area contributed by atoms with Crippen molar-refractivity contribution in [1.29, 1.82) is 0 Å². The zero-order valence-electron chi connectivity index (χ0n) is 9.36. The minimum Gasteiger partial charge on any atom is -0.271 e. The third-order valence-corrected chi connectivity index (χ3v) is 2.89. The fourth-order valence-corrected chi connectivity index (χ4v) is 1.94. The lowest BCUT2D eigenvalue weighted by atomic mass is 10.0.